The van der Waals surface area contributed by atoms with Gasteiger partial charge in [-0.05, 0) is 36.4 Å². The van der Waals surface area contributed by atoms with Crippen LogP contribution in [-0.4, -0.2) is 23.7 Å². The number of carbonyl (C=O) groups is 2. The molecule has 3 rings (SSSR count). The van der Waals surface area contributed by atoms with Gasteiger partial charge in [-0.25, -0.2) is 0 Å². The lowest BCUT2D eigenvalue weighted by atomic mass is 10.2. The second-order valence-electron chi connectivity index (χ2n) is 4.52. The van der Waals surface area contributed by atoms with E-state index in [-0.39, 0.29) is 12.5 Å². The molecule has 2 amide bonds. The van der Waals surface area contributed by atoms with Crippen molar-refractivity contribution in [2.75, 3.05) is 17.4 Å². The van der Waals surface area contributed by atoms with E-state index in [0.717, 1.165) is 0 Å². The second kappa shape index (κ2) is 5.65. The van der Waals surface area contributed by atoms with E-state index < -0.39 is 11.8 Å². The number of ether oxygens (including phenoxy) is 2. The molecule has 22 heavy (non-hydrogen) atoms. The molecule has 0 aromatic heterocycles. The number of nitrogens with one attached hydrogen (secondary N) is 2. The van der Waals surface area contributed by atoms with Crippen LogP contribution in [0.4, 0.5) is 11.4 Å². The molecule has 0 saturated heterocycles. The van der Waals surface area contributed by atoms with Crippen LogP contribution in [0, 0.1) is 0 Å². The minimum atomic E-state index is -0.816. The van der Waals surface area contributed by atoms with Crippen molar-refractivity contribution in [3.63, 3.8) is 0 Å². The van der Waals surface area contributed by atoms with Crippen LogP contribution in [0.2, 0.25) is 0 Å². The van der Waals surface area contributed by atoms with Crippen molar-refractivity contribution < 1.29 is 24.2 Å². The molecule has 112 valence electrons. The summed E-state index contributed by atoms with van der Waals surface area (Å²) in [5, 5.41) is 14.0. The third kappa shape index (κ3) is 2.93. The summed E-state index contributed by atoms with van der Waals surface area (Å²) in [5.41, 5.74) is 0.832. The van der Waals surface area contributed by atoms with Crippen LogP contribution >= 0.6 is 0 Å². The number of rotatable bonds is 2. The van der Waals surface area contributed by atoms with Gasteiger partial charge in [0, 0.05) is 17.4 Å². The zero-order valence-electron chi connectivity index (χ0n) is 11.3. The summed E-state index contributed by atoms with van der Waals surface area (Å²) in [6, 6.07) is 10.6. The van der Waals surface area contributed by atoms with Gasteiger partial charge < -0.3 is 25.2 Å². The number of aromatic hydroxyl groups is 1. The number of amides is 2. The van der Waals surface area contributed by atoms with E-state index in [1.807, 2.05) is 0 Å². The van der Waals surface area contributed by atoms with E-state index in [2.05, 4.69) is 10.6 Å². The summed E-state index contributed by atoms with van der Waals surface area (Å²) in [5.74, 6) is -0.457. The Morgan fingerprint density at radius 2 is 1.45 bits per heavy atom. The smallest absolute Gasteiger partial charge is 0.314 e. The molecule has 0 radical (unpaired) electrons. The lowest BCUT2D eigenvalue weighted by Gasteiger charge is -2.07. The van der Waals surface area contributed by atoms with Crippen LogP contribution in [0.3, 0.4) is 0 Å². The molecule has 1 heterocycles. The normalized spacial score (nSPS) is 11.8. The van der Waals surface area contributed by atoms with Gasteiger partial charge in [0.05, 0.1) is 0 Å². The van der Waals surface area contributed by atoms with Gasteiger partial charge in [-0.15, -0.1) is 0 Å². The van der Waals surface area contributed by atoms with Crippen LogP contribution in [0.1, 0.15) is 0 Å². The van der Waals surface area contributed by atoms with Crippen molar-refractivity contribution in [3.05, 3.63) is 42.5 Å². The minimum absolute atomic E-state index is 0.0720. The fraction of sp³-hybridized carbons (Fsp3) is 0.0667. The van der Waals surface area contributed by atoms with E-state index >= 15 is 0 Å². The lowest BCUT2D eigenvalue weighted by molar-refractivity contribution is -0.132. The molecule has 0 spiro atoms. The highest BCUT2D eigenvalue weighted by atomic mass is 16.7. The maximum absolute atomic E-state index is 11.8. The number of phenols is 1. The molecule has 0 saturated carbocycles. The van der Waals surface area contributed by atoms with Crippen molar-refractivity contribution in [3.8, 4) is 17.2 Å². The zero-order chi connectivity index (χ0) is 15.5. The van der Waals surface area contributed by atoms with Crippen LogP contribution < -0.4 is 20.1 Å². The Balaban J connectivity index is 1.63. The molecule has 0 fully saturated rings. The molecule has 7 heteroatoms. The first-order valence-corrected chi connectivity index (χ1v) is 6.43. The Morgan fingerprint density at radius 3 is 2.18 bits per heavy atom. The molecular formula is C15H12N2O5. The number of hydrogen-bond donors (Lipinski definition) is 3. The van der Waals surface area contributed by atoms with Gasteiger partial charge in [0.15, 0.2) is 11.5 Å². The molecule has 3 N–H and O–H groups in total. The summed E-state index contributed by atoms with van der Waals surface area (Å²) in [4.78, 5) is 23.6. The van der Waals surface area contributed by atoms with Gasteiger partial charge >= 0.3 is 11.8 Å². The molecule has 7 nitrogen and oxygen atoms in total. The quantitative estimate of drug-likeness (QED) is 0.579. The Kier molecular flexibility index (Phi) is 3.53. The molecule has 0 aliphatic carbocycles. The Labute approximate surface area is 125 Å². The Bertz CT molecular complexity index is 727. The minimum Gasteiger partial charge on any atom is -0.508 e. The molecule has 0 bridgehead atoms. The van der Waals surface area contributed by atoms with Gasteiger partial charge in [0.2, 0.25) is 6.79 Å². The van der Waals surface area contributed by atoms with Crippen molar-refractivity contribution in [1.29, 1.82) is 0 Å². The van der Waals surface area contributed by atoms with Gasteiger partial charge in [-0.1, -0.05) is 0 Å². The van der Waals surface area contributed by atoms with E-state index in [0.29, 0.717) is 22.9 Å². The lowest BCUT2D eigenvalue weighted by Crippen LogP contribution is -2.29. The number of carbonyl (C=O) groups excluding carboxylic acids is 2. The van der Waals surface area contributed by atoms with Crippen LogP contribution in [-0.2, 0) is 9.59 Å². The average Bonchev–Trinajstić information content (AvgIpc) is 2.97. The first-order valence-electron chi connectivity index (χ1n) is 6.43. The van der Waals surface area contributed by atoms with Gasteiger partial charge in [0.25, 0.3) is 0 Å². The first-order chi connectivity index (χ1) is 10.6. The number of hydrogen-bond acceptors (Lipinski definition) is 5. The van der Waals surface area contributed by atoms with E-state index in [4.69, 9.17) is 14.6 Å². The highest BCUT2D eigenvalue weighted by Crippen LogP contribution is 2.34. The molecule has 2 aromatic carbocycles. The Morgan fingerprint density at radius 1 is 0.864 bits per heavy atom. The van der Waals surface area contributed by atoms with Crippen LogP contribution in [0.25, 0.3) is 0 Å². The highest BCUT2D eigenvalue weighted by molar-refractivity contribution is 6.43. The van der Waals surface area contributed by atoms with Crippen molar-refractivity contribution in [2.24, 2.45) is 0 Å². The number of benzene rings is 2. The standard InChI is InChI=1S/C15H12N2O5/c18-11-4-1-9(2-5-11)16-14(19)15(20)17-10-3-6-12-13(7-10)22-8-21-12/h1-7,18H,8H2,(H,16,19)(H,17,20). The van der Waals surface area contributed by atoms with Crippen LogP contribution in [0.15, 0.2) is 42.5 Å². The number of fused-ring (bicyclic) bond motifs is 1. The van der Waals surface area contributed by atoms with Crippen molar-refractivity contribution in [2.45, 2.75) is 0 Å². The van der Waals surface area contributed by atoms with E-state index in [1.165, 1.54) is 24.3 Å². The molecule has 1 aliphatic rings. The van der Waals surface area contributed by atoms with Gasteiger partial charge in [-0.2, -0.15) is 0 Å². The highest BCUT2D eigenvalue weighted by Gasteiger charge is 2.17. The first kappa shape index (κ1) is 13.7. The molecular weight excluding hydrogens is 288 g/mol. The fourth-order valence-corrected chi connectivity index (χ4v) is 1.89. The predicted molar refractivity (Wildman–Crippen MR) is 77.9 cm³/mol. The Hall–Kier alpha value is -3.22. The van der Waals surface area contributed by atoms with E-state index in [1.54, 1.807) is 18.2 Å². The molecule has 0 unspecified atom stereocenters. The summed E-state index contributed by atoms with van der Waals surface area (Å²) in [6.45, 7) is 0.133. The van der Waals surface area contributed by atoms with Crippen molar-refractivity contribution >= 4 is 23.2 Å². The second-order valence-corrected chi connectivity index (χ2v) is 4.52. The summed E-state index contributed by atoms with van der Waals surface area (Å²) >= 11 is 0. The summed E-state index contributed by atoms with van der Waals surface area (Å²) in [6.07, 6.45) is 0. The topological polar surface area (TPSA) is 96.9 Å². The molecule has 1 aliphatic heterocycles. The van der Waals surface area contributed by atoms with Gasteiger partial charge in [0.1, 0.15) is 5.75 Å². The third-order valence-corrected chi connectivity index (χ3v) is 2.96. The predicted octanol–water partition coefficient (Wildman–Crippen LogP) is 1.70. The monoisotopic (exact) mass is 300 g/mol. The maximum Gasteiger partial charge on any atom is 0.314 e. The number of phenolic OH excluding ortho intramolecular Hbond substituents is 1. The van der Waals surface area contributed by atoms with Gasteiger partial charge in [-0.3, -0.25) is 9.59 Å². The summed E-state index contributed by atoms with van der Waals surface area (Å²) in [7, 11) is 0. The average molecular weight is 300 g/mol. The zero-order valence-corrected chi connectivity index (χ0v) is 11.3. The van der Waals surface area contributed by atoms with Crippen molar-refractivity contribution in [1.82, 2.24) is 0 Å². The third-order valence-electron chi connectivity index (χ3n) is 2.96. The SMILES string of the molecule is O=C(Nc1ccc(O)cc1)C(=O)Nc1ccc2c(c1)OCO2. The fourth-order valence-electron chi connectivity index (χ4n) is 1.89. The summed E-state index contributed by atoms with van der Waals surface area (Å²) < 4.78 is 10.4. The number of anilines is 2. The molecule has 2 aromatic rings. The largest absolute Gasteiger partial charge is 0.508 e. The maximum atomic E-state index is 11.8. The molecule has 0 atom stereocenters. The van der Waals surface area contributed by atoms with E-state index in [9.17, 15) is 9.59 Å². The van der Waals surface area contributed by atoms with Crippen LogP contribution in [0.5, 0.6) is 17.2 Å².